The number of rotatable bonds is 3. The van der Waals surface area contributed by atoms with Gasteiger partial charge in [-0.15, -0.1) is 0 Å². The second-order valence-electron chi connectivity index (χ2n) is 4.20. The highest BCUT2D eigenvalue weighted by molar-refractivity contribution is 5.72. The SMILES string of the molecule is COc1cccc2nc(-c3ccccc3[N+](=O)[O-])cn12. The number of hydrogen-bond donors (Lipinski definition) is 0. The number of ether oxygens (including phenoxy) is 1. The van der Waals surface area contributed by atoms with Crippen molar-refractivity contribution in [2.45, 2.75) is 0 Å². The number of nitro groups is 1. The number of methoxy groups -OCH3 is 1. The highest BCUT2D eigenvalue weighted by Crippen LogP contribution is 2.29. The molecule has 2 heterocycles. The van der Waals surface area contributed by atoms with Gasteiger partial charge in [0.15, 0.2) is 5.88 Å². The van der Waals surface area contributed by atoms with Crippen LogP contribution in [0.2, 0.25) is 0 Å². The summed E-state index contributed by atoms with van der Waals surface area (Å²) in [6, 6.07) is 12.0. The maximum Gasteiger partial charge on any atom is 0.278 e. The number of pyridine rings is 1. The summed E-state index contributed by atoms with van der Waals surface area (Å²) in [6.07, 6.45) is 1.73. The van der Waals surface area contributed by atoms with E-state index in [1.807, 2.05) is 12.1 Å². The van der Waals surface area contributed by atoms with Gasteiger partial charge >= 0.3 is 0 Å². The van der Waals surface area contributed by atoms with Gasteiger partial charge < -0.3 is 4.74 Å². The Morgan fingerprint density at radius 2 is 2.00 bits per heavy atom. The molecule has 20 heavy (non-hydrogen) atoms. The lowest BCUT2D eigenvalue weighted by molar-refractivity contribution is -0.384. The minimum absolute atomic E-state index is 0.0369. The van der Waals surface area contributed by atoms with Gasteiger partial charge in [0.1, 0.15) is 5.65 Å². The highest BCUT2D eigenvalue weighted by Gasteiger charge is 2.17. The normalized spacial score (nSPS) is 10.7. The molecule has 0 amide bonds. The molecule has 6 nitrogen and oxygen atoms in total. The fourth-order valence-corrected chi connectivity index (χ4v) is 2.13. The molecule has 0 spiro atoms. The van der Waals surface area contributed by atoms with Gasteiger partial charge in [-0.3, -0.25) is 14.5 Å². The lowest BCUT2D eigenvalue weighted by Crippen LogP contribution is -1.92. The number of nitrogens with zero attached hydrogens (tertiary/aromatic N) is 3. The lowest BCUT2D eigenvalue weighted by Gasteiger charge is -2.01. The van der Waals surface area contributed by atoms with Crippen LogP contribution in [0.15, 0.2) is 48.7 Å². The van der Waals surface area contributed by atoms with Crippen LogP contribution in [0, 0.1) is 10.1 Å². The van der Waals surface area contributed by atoms with Crippen LogP contribution in [0.25, 0.3) is 16.9 Å². The predicted molar refractivity (Wildman–Crippen MR) is 73.8 cm³/mol. The summed E-state index contributed by atoms with van der Waals surface area (Å²) in [5.74, 6) is 0.625. The van der Waals surface area contributed by atoms with Crippen molar-refractivity contribution in [3.05, 3.63) is 58.8 Å². The number of aromatic nitrogens is 2. The lowest BCUT2D eigenvalue weighted by atomic mass is 10.1. The minimum atomic E-state index is -0.406. The molecule has 3 aromatic rings. The summed E-state index contributed by atoms with van der Waals surface area (Å²) in [4.78, 5) is 15.1. The zero-order chi connectivity index (χ0) is 14.1. The first-order chi connectivity index (χ1) is 9.70. The van der Waals surface area contributed by atoms with Crippen LogP contribution in [-0.4, -0.2) is 21.4 Å². The van der Waals surface area contributed by atoms with Crippen LogP contribution < -0.4 is 4.74 Å². The van der Waals surface area contributed by atoms with Crippen LogP contribution >= 0.6 is 0 Å². The van der Waals surface area contributed by atoms with Crippen molar-refractivity contribution in [2.75, 3.05) is 7.11 Å². The van der Waals surface area contributed by atoms with Gasteiger partial charge in [-0.1, -0.05) is 18.2 Å². The summed E-state index contributed by atoms with van der Waals surface area (Å²) in [5, 5.41) is 11.1. The Morgan fingerprint density at radius 3 is 2.75 bits per heavy atom. The fraction of sp³-hybridized carbons (Fsp3) is 0.0714. The van der Waals surface area contributed by atoms with Gasteiger partial charge in [0.25, 0.3) is 5.69 Å². The van der Waals surface area contributed by atoms with E-state index in [2.05, 4.69) is 4.98 Å². The van der Waals surface area contributed by atoms with E-state index >= 15 is 0 Å². The molecular weight excluding hydrogens is 258 g/mol. The molecule has 0 aliphatic heterocycles. The van der Waals surface area contributed by atoms with Crippen molar-refractivity contribution in [2.24, 2.45) is 0 Å². The molecule has 2 aromatic heterocycles. The second kappa shape index (κ2) is 4.65. The molecule has 0 aliphatic carbocycles. The number of fused-ring (bicyclic) bond motifs is 1. The number of para-hydroxylation sites is 1. The first-order valence-electron chi connectivity index (χ1n) is 5.96. The number of imidazole rings is 1. The molecule has 0 unspecified atom stereocenters. The van der Waals surface area contributed by atoms with Crippen LogP contribution in [-0.2, 0) is 0 Å². The number of hydrogen-bond acceptors (Lipinski definition) is 4. The van der Waals surface area contributed by atoms with Gasteiger partial charge in [0, 0.05) is 12.3 Å². The van der Waals surface area contributed by atoms with E-state index in [-0.39, 0.29) is 5.69 Å². The average Bonchev–Trinajstić information content (AvgIpc) is 2.90. The van der Waals surface area contributed by atoms with Crippen molar-refractivity contribution in [3.8, 4) is 17.1 Å². The van der Waals surface area contributed by atoms with E-state index in [1.54, 1.807) is 42.0 Å². The molecule has 0 N–H and O–H groups in total. The monoisotopic (exact) mass is 269 g/mol. The quantitative estimate of drug-likeness (QED) is 0.541. The van der Waals surface area contributed by atoms with Crippen molar-refractivity contribution < 1.29 is 9.66 Å². The van der Waals surface area contributed by atoms with Crippen LogP contribution in [0.5, 0.6) is 5.88 Å². The smallest absolute Gasteiger partial charge is 0.278 e. The van der Waals surface area contributed by atoms with Gasteiger partial charge in [0.2, 0.25) is 0 Å². The number of benzene rings is 1. The molecule has 0 radical (unpaired) electrons. The summed E-state index contributed by atoms with van der Waals surface area (Å²) in [6.45, 7) is 0. The van der Waals surface area contributed by atoms with Crippen LogP contribution in [0.1, 0.15) is 0 Å². The molecular formula is C14H11N3O3. The average molecular weight is 269 g/mol. The van der Waals surface area contributed by atoms with Crippen LogP contribution in [0.3, 0.4) is 0 Å². The Kier molecular flexibility index (Phi) is 2.83. The van der Waals surface area contributed by atoms with E-state index in [0.29, 0.717) is 22.8 Å². The second-order valence-corrected chi connectivity index (χ2v) is 4.20. The molecule has 0 atom stereocenters. The Bertz CT molecular complexity index is 795. The van der Waals surface area contributed by atoms with Gasteiger partial charge in [-0.05, 0) is 18.2 Å². The molecule has 0 aliphatic rings. The topological polar surface area (TPSA) is 69.7 Å². The highest BCUT2D eigenvalue weighted by atomic mass is 16.6. The van der Waals surface area contributed by atoms with Gasteiger partial charge in [-0.2, -0.15) is 0 Å². The predicted octanol–water partition coefficient (Wildman–Crippen LogP) is 2.92. The maximum atomic E-state index is 11.1. The van der Waals surface area contributed by atoms with E-state index in [1.165, 1.54) is 6.07 Å². The van der Waals surface area contributed by atoms with Crippen molar-refractivity contribution in [1.82, 2.24) is 9.38 Å². The standard InChI is InChI=1S/C14H11N3O3/c1-20-14-8-4-7-13-15-11(9-16(13)14)10-5-2-3-6-12(10)17(18)19/h2-9H,1H3. The summed E-state index contributed by atoms with van der Waals surface area (Å²) in [7, 11) is 1.57. The molecule has 0 fully saturated rings. The molecule has 6 heteroatoms. The van der Waals surface area contributed by atoms with Crippen LogP contribution in [0.4, 0.5) is 5.69 Å². The molecule has 0 bridgehead atoms. The maximum absolute atomic E-state index is 11.1. The molecule has 3 rings (SSSR count). The Labute approximate surface area is 114 Å². The molecule has 0 saturated heterocycles. The largest absolute Gasteiger partial charge is 0.482 e. The van der Waals surface area contributed by atoms with E-state index < -0.39 is 4.92 Å². The Morgan fingerprint density at radius 1 is 1.20 bits per heavy atom. The van der Waals surface area contributed by atoms with Crippen molar-refractivity contribution in [1.29, 1.82) is 0 Å². The van der Waals surface area contributed by atoms with E-state index in [9.17, 15) is 10.1 Å². The third-order valence-corrected chi connectivity index (χ3v) is 3.04. The summed E-state index contributed by atoms with van der Waals surface area (Å²) >= 11 is 0. The Balaban J connectivity index is 2.23. The fourth-order valence-electron chi connectivity index (χ4n) is 2.13. The Hall–Kier alpha value is -2.89. The zero-order valence-corrected chi connectivity index (χ0v) is 10.7. The van der Waals surface area contributed by atoms with Gasteiger partial charge in [0.05, 0.1) is 23.3 Å². The van der Waals surface area contributed by atoms with E-state index in [4.69, 9.17) is 4.74 Å². The molecule has 100 valence electrons. The first-order valence-corrected chi connectivity index (χ1v) is 5.96. The first kappa shape index (κ1) is 12.2. The third kappa shape index (κ3) is 1.87. The van der Waals surface area contributed by atoms with Crippen molar-refractivity contribution in [3.63, 3.8) is 0 Å². The molecule has 1 aromatic carbocycles. The summed E-state index contributed by atoms with van der Waals surface area (Å²) < 4.78 is 7.00. The summed E-state index contributed by atoms with van der Waals surface area (Å²) in [5.41, 5.74) is 1.75. The van der Waals surface area contributed by atoms with Crippen molar-refractivity contribution >= 4 is 11.3 Å². The number of nitro benzene ring substituents is 1. The van der Waals surface area contributed by atoms with Gasteiger partial charge in [-0.25, -0.2) is 4.98 Å². The molecule has 0 saturated carbocycles. The zero-order valence-electron chi connectivity index (χ0n) is 10.7. The van der Waals surface area contributed by atoms with E-state index in [0.717, 1.165) is 0 Å². The minimum Gasteiger partial charge on any atom is -0.482 e. The third-order valence-electron chi connectivity index (χ3n) is 3.04.